The van der Waals surface area contributed by atoms with Crippen LogP contribution in [0, 0.1) is 0 Å². The van der Waals surface area contributed by atoms with Gasteiger partial charge in [0.2, 0.25) is 5.91 Å². The lowest BCUT2D eigenvalue weighted by Gasteiger charge is -2.36. The quantitative estimate of drug-likeness (QED) is 0.555. The van der Waals surface area contributed by atoms with E-state index in [1.165, 1.54) is 4.68 Å². The largest absolute Gasteiger partial charge is 0.450 e. The van der Waals surface area contributed by atoms with Gasteiger partial charge in [-0.15, -0.1) is 0 Å². The number of ether oxygens (including phenoxy) is 2. The maximum atomic E-state index is 12.7. The van der Waals surface area contributed by atoms with Crippen molar-refractivity contribution in [2.45, 2.75) is 45.7 Å². The molecule has 0 atom stereocenters. The Hall–Kier alpha value is -2.40. The lowest BCUT2D eigenvalue weighted by molar-refractivity contribution is -0.134. The van der Waals surface area contributed by atoms with Gasteiger partial charge in [-0.2, -0.15) is 5.10 Å². The van der Waals surface area contributed by atoms with E-state index in [1.807, 2.05) is 11.8 Å². The molecule has 2 aliphatic heterocycles. The van der Waals surface area contributed by atoms with E-state index in [0.717, 1.165) is 31.8 Å². The van der Waals surface area contributed by atoms with Crippen molar-refractivity contribution in [1.29, 1.82) is 0 Å². The van der Waals surface area contributed by atoms with E-state index < -0.39 is 0 Å². The first-order chi connectivity index (χ1) is 15.5. The smallest absolute Gasteiger partial charge is 0.409 e. The van der Waals surface area contributed by atoms with Crippen LogP contribution in [0.3, 0.4) is 0 Å². The molecule has 2 fully saturated rings. The van der Waals surface area contributed by atoms with Gasteiger partial charge in [-0.25, -0.2) is 14.3 Å². The number of rotatable bonds is 8. The van der Waals surface area contributed by atoms with E-state index in [1.54, 1.807) is 23.5 Å². The molecule has 2 aliphatic rings. The zero-order chi connectivity index (χ0) is 23.1. The minimum absolute atomic E-state index is 0.0841. The summed E-state index contributed by atoms with van der Waals surface area (Å²) >= 11 is 0. The number of piperazine rings is 1. The van der Waals surface area contributed by atoms with Gasteiger partial charge < -0.3 is 19.3 Å². The van der Waals surface area contributed by atoms with Crippen molar-refractivity contribution >= 4 is 12.0 Å². The average Bonchev–Trinajstić information content (AvgIpc) is 3.13. The molecule has 3 heterocycles. The molecule has 0 bridgehead atoms. The number of nitrogens with zero attached hydrogens (tertiary/aromatic N) is 6. The second kappa shape index (κ2) is 11.5. The first-order valence-corrected chi connectivity index (χ1v) is 11.6. The van der Waals surface area contributed by atoms with Gasteiger partial charge in [0, 0.05) is 45.8 Å². The van der Waals surface area contributed by atoms with Crippen LogP contribution in [0.4, 0.5) is 4.79 Å². The van der Waals surface area contributed by atoms with E-state index in [2.05, 4.69) is 10.00 Å². The highest BCUT2D eigenvalue weighted by atomic mass is 16.6. The lowest BCUT2D eigenvalue weighted by Crippen LogP contribution is -2.53. The number of piperidine rings is 1. The fourth-order valence-corrected chi connectivity index (χ4v) is 4.37. The summed E-state index contributed by atoms with van der Waals surface area (Å²) in [5.74, 6) is 1.15. The van der Waals surface area contributed by atoms with Gasteiger partial charge in [-0.3, -0.25) is 14.3 Å². The fraction of sp³-hybridized carbons (Fsp3) is 0.810. The highest BCUT2D eigenvalue weighted by molar-refractivity contribution is 5.78. The molecule has 2 saturated heterocycles. The lowest BCUT2D eigenvalue weighted by atomic mass is 9.96. The predicted molar refractivity (Wildman–Crippen MR) is 118 cm³/mol. The van der Waals surface area contributed by atoms with Crippen LogP contribution in [0.15, 0.2) is 4.79 Å². The molecule has 0 saturated carbocycles. The SMILES string of the molecule is CCOC(=O)N1CCN(C(=O)CN2CCC(c3nn(CCOC)c(=O)n3CC)CC2)CC1. The molecule has 180 valence electrons. The summed E-state index contributed by atoms with van der Waals surface area (Å²) in [5, 5.41) is 4.59. The average molecular weight is 453 g/mol. The van der Waals surface area contributed by atoms with Crippen LogP contribution >= 0.6 is 0 Å². The Morgan fingerprint density at radius 1 is 1.03 bits per heavy atom. The Bertz CT molecular complexity index is 821. The molecule has 32 heavy (non-hydrogen) atoms. The third kappa shape index (κ3) is 5.69. The minimum atomic E-state index is -0.308. The van der Waals surface area contributed by atoms with Crippen LogP contribution < -0.4 is 5.69 Å². The molecular weight excluding hydrogens is 416 g/mol. The second-order valence-corrected chi connectivity index (χ2v) is 8.22. The Kier molecular flexibility index (Phi) is 8.68. The van der Waals surface area contributed by atoms with Crippen molar-refractivity contribution in [2.75, 3.05) is 66.1 Å². The first kappa shape index (κ1) is 24.2. The number of amides is 2. The Morgan fingerprint density at radius 2 is 1.69 bits per heavy atom. The van der Waals surface area contributed by atoms with Crippen molar-refractivity contribution in [2.24, 2.45) is 0 Å². The number of methoxy groups -OCH3 is 1. The maximum Gasteiger partial charge on any atom is 0.409 e. The molecule has 11 heteroatoms. The third-order valence-corrected chi connectivity index (χ3v) is 6.24. The van der Waals surface area contributed by atoms with Crippen molar-refractivity contribution in [3.8, 4) is 0 Å². The second-order valence-electron chi connectivity index (χ2n) is 8.22. The summed E-state index contributed by atoms with van der Waals surface area (Å²) in [4.78, 5) is 42.8. The van der Waals surface area contributed by atoms with Crippen molar-refractivity contribution in [3.05, 3.63) is 16.3 Å². The van der Waals surface area contributed by atoms with Gasteiger partial charge in [-0.1, -0.05) is 0 Å². The van der Waals surface area contributed by atoms with E-state index in [0.29, 0.717) is 59.0 Å². The minimum Gasteiger partial charge on any atom is -0.450 e. The highest BCUT2D eigenvalue weighted by Crippen LogP contribution is 2.26. The molecular formula is C21H36N6O5. The highest BCUT2D eigenvalue weighted by Gasteiger charge is 2.29. The molecule has 2 amide bonds. The van der Waals surface area contributed by atoms with Crippen molar-refractivity contribution in [1.82, 2.24) is 29.0 Å². The standard InChI is InChI=1S/C21H36N6O5/c1-4-26-19(22-27(20(26)29)14-15-31-3)17-6-8-23(9-7-17)16-18(28)24-10-12-25(13-11-24)21(30)32-5-2/h17H,4-16H2,1-3H3. The molecule has 0 aliphatic carbocycles. The number of carbonyl (C=O) groups is 2. The topological polar surface area (TPSA) is 102 Å². The fourth-order valence-electron chi connectivity index (χ4n) is 4.37. The van der Waals surface area contributed by atoms with E-state index >= 15 is 0 Å². The van der Waals surface area contributed by atoms with Crippen LogP contribution in [-0.2, 0) is 27.4 Å². The number of carbonyl (C=O) groups excluding carboxylic acids is 2. The number of likely N-dealkylation sites (tertiary alicyclic amines) is 1. The number of hydrogen-bond acceptors (Lipinski definition) is 7. The monoisotopic (exact) mass is 452 g/mol. The van der Waals surface area contributed by atoms with E-state index in [9.17, 15) is 14.4 Å². The Morgan fingerprint density at radius 3 is 2.28 bits per heavy atom. The Balaban J connectivity index is 1.49. The molecule has 3 rings (SSSR count). The summed E-state index contributed by atoms with van der Waals surface area (Å²) < 4.78 is 13.4. The first-order valence-electron chi connectivity index (χ1n) is 11.6. The summed E-state index contributed by atoms with van der Waals surface area (Å²) in [6, 6.07) is 0. The Labute approximate surface area is 188 Å². The van der Waals surface area contributed by atoms with Gasteiger partial charge >= 0.3 is 11.8 Å². The van der Waals surface area contributed by atoms with Crippen LogP contribution in [0.2, 0.25) is 0 Å². The molecule has 11 nitrogen and oxygen atoms in total. The van der Waals surface area contributed by atoms with Crippen molar-refractivity contribution in [3.63, 3.8) is 0 Å². The molecule has 0 N–H and O–H groups in total. The van der Waals surface area contributed by atoms with Crippen LogP contribution in [0.5, 0.6) is 0 Å². The molecule has 0 aromatic carbocycles. The normalized spacial score (nSPS) is 18.2. The van der Waals surface area contributed by atoms with Gasteiger partial charge in [0.1, 0.15) is 5.82 Å². The molecule has 1 aromatic heterocycles. The summed E-state index contributed by atoms with van der Waals surface area (Å²) in [6.07, 6.45) is 1.42. The number of aromatic nitrogens is 3. The predicted octanol–water partition coefficient (Wildman–Crippen LogP) is 0.191. The third-order valence-electron chi connectivity index (χ3n) is 6.24. The molecule has 0 spiro atoms. The molecule has 0 radical (unpaired) electrons. The van der Waals surface area contributed by atoms with Gasteiger partial charge in [0.15, 0.2) is 0 Å². The zero-order valence-corrected chi connectivity index (χ0v) is 19.5. The van der Waals surface area contributed by atoms with Gasteiger partial charge in [0.05, 0.1) is 26.3 Å². The van der Waals surface area contributed by atoms with Gasteiger partial charge in [-0.05, 0) is 39.8 Å². The maximum absolute atomic E-state index is 12.7. The molecule has 1 aromatic rings. The summed E-state index contributed by atoms with van der Waals surface area (Å²) in [6.45, 7) is 9.66. The summed E-state index contributed by atoms with van der Waals surface area (Å²) in [7, 11) is 1.61. The van der Waals surface area contributed by atoms with E-state index in [4.69, 9.17) is 9.47 Å². The zero-order valence-electron chi connectivity index (χ0n) is 19.5. The summed E-state index contributed by atoms with van der Waals surface area (Å²) in [5.41, 5.74) is -0.0841. The van der Waals surface area contributed by atoms with Crippen molar-refractivity contribution < 1.29 is 19.1 Å². The van der Waals surface area contributed by atoms with Crippen LogP contribution in [0.25, 0.3) is 0 Å². The van der Waals surface area contributed by atoms with Crippen LogP contribution in [-0.4, -0.2) is 107 Å². The van der Waals surface area contributed by atoms with Gasteiger partial charge in [0.25, 0.3) is 0 Å². The van der Waals surface area contributed by atoms with Crippen LogP contribution in [0.1, 0.15) is 38.4 Å². The van der Waals surface area contributed by atoms with E-state index in [-0.39, 0.29) is 23.6 Å². The molecule has 0 unspecified atom stereocenters. The number of hydrogen-bond donors (Lipinski definition) is 0.